The van der Waals surface area contributed by atoms with Crippen LogP contribution in [-0.2, 0) is 9.59 Å². The van der Waals surface area contributed by atoms with Gasteiger partial charge in [-0.05, 0) is 19.8 Å². The minimum absolute atomic E-state index is 0.0256. The molecule has 0 spiro atoms. The predicted octanol–water partition coefficient (Wildman–Crippen LogP) is 0.983. The zero-order valence-electron chi connectivity index (χ0n) is 10.9. The van der Waals surface area contributed by atoms with Crippen LogP contribution < -0.4 is 5.32 Å². The fraction of sp³-hybridized carbons (Fsp3) is 0.846. The van der Waals surface area contributed by atoms with Gasteiger partial charge in [0.2, 0.25) is 5.91 Å². The first-order chi connectivity index (χ1) is 8.58. The summed E-state index contributed by atoms with van der Waals surface area (Å²) in [4.78, 5) is 25.0. The van der Waals surface area contributed by atoms with Crippen molar-refractivity contribution < 1.29 is 14.7 Å². The summed E-state index contributed by atoms with van der Waals surface area (Å²) in [5.41, 5.74) is 0. The van der Waals surface area contributed by atoms with E-state index in [9.17, 15) is 9.59 Å². The Kier molecular flexibility index (Phi) is 4.22. The first-order valence-electron chi connectivity index (χ1n) is 6.86. The van der Waals surface area contributed by atoms with Crippen molar-refractivity contribution in [2.45, 2.75) is 63.6 Å². The Labute approximate surface area is 108 Å². The second-order valence-corrected chi connectivity index (χ2v) is 5.50. The van der Waals surface area contributed by atoms with E-state index in [0.717, 1.165) is 12.8 Å². The average Bonchev–Trinajstić information content (AvgIpc) is 2.34. The lowest BCUT2D eigenvalue weighted by Crippen LogP contribution is -2.62. The van der Waals surface area contributed by atoms with E-state index in [2.05, 4.69) is 5.32 Å². The Morgan fingerprint density at radius 3 is 2.67 bits per heavy atom. The molecule has 0 aromatic heterocycles. The van der Waals surface area contributed by atoms with Gasteiger partial charge in [0.1, 0.15) is 0 Å². The number of hydrogen-bond acceptors (Lipinski definition) is 3. The van der Waals surface area contributed by atoms with E-state index in [4.69, 9.17) is 5.11 Å². The van der Waals surface area contributed by atoms with Crippen LogP contribution in [0.15, 0.2) is 0 Å². The predicted molar refractivity (Wildman–Crippen MR) is 67.2 cm³/mol. The maximum atomic E-state index is 12.3. The number of nitrogens with zero attached hydrogens (tertiary/aromatic N) is 1. The first kappa shape index (κ1) is 13.3. The molecule has 0 aromatic rings. The number of carboxylic acid groups (broad SMARTS) is 1. The molecule has 0 aromatic carbocycles. The molecule has 2 rings (SSSR count). The van der Waals surface area contributed by atoms with Crippen LogP contribution in [0.25, 0.3) is 0 Å². The van der Waals surface area contributed by atoms with Gasteiger partial charge in [-0.25, -0.2) is 0 Å². The minimum atomic E-state index is -0.918. The molecule has 1 aliphatic carbocycles. The van der Waals surface area contributed by atoms with Gasteiger partial charge in [-0.3, -0.25) is 9.59 Å². The summed E-state index contributed by atoms with van der Waals surface area (Å²) in [6.45, 7) is 2.72. The lowest BCUT2D eigenvalue weighted by Gasteiger charge is -2.42. The Morgan fingerprint density at radius 1 is 1.39 bits per heavy atom. The van der Waals surface area contributed by atoms with Crippen molar-refractivity contribution in [3.05, 3.63) is 0 Å². The highest BCUT2D eigenvalue weighted by atomic mass is 16.4. The van der Waals surface area contributed by atoms with Gasteiger partial charge in [0.25, 0.3) is 0 Å². The van der Waals surface area contributed by atoms with Gasteiger partial charge in [-0.2, -0.15) is 0 Å². The van der Waals surface area contributed by atoms with Crippen molar-refractivity contribution >= 4 is 11.9 Å². The van der Waals surface area contributed by atoms with E-state index >= 15 is 0 Å². The van der Waals surface area contributed by atoms with E-state index in [0.29, 0.717) is 12.6 Å². The quantitative estimate of drug-likeness (QED) is 0.788. The van der Waals surface area contributed by atoms with Crippen molar-refractivity contribution in [1.82, 2.24) is 10.2 Å². The molecule has 2 atom stereocenters. The van der Waals surface area contributed by atoms with Crippen LogP contribution in [0.5, 0.6) is 0 Å². The van der Waals surface area contributed by atoms with Crippen LogP contribution in [0.4, 0.5) is 0 Å². The molecular weight excluding hydrogens is 232 g/mol. The highest BCUT2D eigenvalue weighted by Gasteiger charge is 2.36. The van der Waals surface area contributed by atoms with Crippen LogP contribution in [-0.4, -0.2) is 46.6 Å². The Morgan fingerprint density at radius 2 is 2.06 bits per heavy atom. The summed E-state index contributed by atoms with van der Waals surface area (Å²) < 4.78 is 0. The number of carbonyl (C=O) groups excluding carboxylic acids is 1. The number of rotatable bonds is 3. The second-order valence-electron chi connectivity index (χ2n) is 5.50. The molecule has 1 heterocycles. The van der Waals surface area contributed by atoms with Crippen molar-refractivity contribution in [3.8, 4) is 0 Å². The van der Waals surface area contributed by atoms with E-state index in [-0.39, 0.29) is 18.4 Å². The number of hydrogen-bond donors (Lipinski definition) is 2. The largest absolute Gasteiger partial charge is 0.481 e. The van der Waals surface area contributed by atoms with E-state index in [1.54, 1.807) is 0 Å². The Hall–Kier alpha value is -1.10. The summed E-state index contributed by atoms with van der Waals surface area (Å²) >= 11 is 0. The van der Waals surface area contributed by atoms with Crippen LogP contribution in [0.1, 0.15) is 45.4 Å². The van der Waals surface area contributed by atoms with Crippen molar-refractivity contribution in [1.29, 1.82) is 0 Å². The van der Waals surface area contributed by atoms with Crippen molar-refractivity contribution in [3.63, 3.8) is 0 Å². The standard InChI is InChI=1S/C13H22N2O3/c1-9-8-15(10-5-3-2-4-6-10)13(18)11(14-9)7-12(16)17/h9-11,14H,2-8H2,1H3,(H,16,17). The lowest BCUT2D eigenvalue weighted by atomic mass is 9.92. The lowest BCUT2D eigenvalue weighted by molar-refractivity contribution is -0.146. The molecule has 102 valence electrons. The summed E-state index contributed by atoms with van der Waals surface area (Å²) in [5, 5.41) is 12.0. The molecule has 0 bridgehead atoms. The van der Waals surface area contributed by atoms with Gasteiger partial charge in [-0.15, -0.1) is 0 Å². The third-order valence-electron chi connectivity index (χ3n) is 3.93. The highest BCUT2D eigenvalue weighted by Crippen LogP contribution is 2.25. The molecule has 2 unspecified atom stereocenters. The van der Waals surface area contributed by atoms with Crippen LogP contribution in [0.3, 0.4) is 0 Å². The summed E-state index contributed by atoms with van der Waals surface area (Å²) in [6, 6.07) is -0.0470. The first-order valence-corrected chi connectivity index (χ1v) is 6.86. The third kappa shape index (κ3) is 3.02. The summed E-state index contributed by atoms with van der Waals surface area (Å²) in [6.07, 6.45) is 5.63. The molecule has 2 fully saturated rings. The van der Waals surface area contributed by atoms with Gasteiger partial charge >= 0.3 is 5.97 Å². The Balaban J connectivity index is 2.04. The maximum absolute atomic E-state index is 12.3. The average molecular weight is 254 g/mol. The molecular formula is C13H22N2O3. The monoisotopic (exact) mass is 254 g/mol. The minimum Gasteiger partial charge on any atom is -0.481 e. The van der Waals surface area contributed by atoms with Crippen molar-refractivity contribution in [2.24, 2.45) is 0 Å². The number of amides is 1. The summed E-state index contributed by atoms with van der Waals surface area (Å²) in [7, 11) is 0. The molecule has 1 saturated heterocycles. The van der Waals surface area contributed by atoms with Crippen LogP contribution in [0.2, 0.25) is 0 Å². The maximum Gasteiger partial charge on any atom is 0.305 e. The third-order valence-corrected chi connectivity index (χ3v) is 3.93. The summed E-state index contributed by atoms with van der Waals surface area (Å²) in [5.74, 6) is -0.944. The Bertz CT molecular complexity index is 326. The van der Waals surface area contributed by atoms with Crippen LogP contribution >= 0.6 is 0 Å². The van der Waals surface area contributed by atoms with Gasteiger partial charge in [0, 0.05) is 18.6 Å². The number of piperazine rings is 1. The van der Waals surface area contributed by atoms with E-state index in [1.165, 1.54) is 19.3 Å². The molecule has 0 radical (unpaired) electrons. The second kappa shape index (κ2) is 5.69. The fourth-order valence-corrected chi connectivity index (χ4v) is 3.10. The molecule has 5 nitrogen and oxygen atoms in total. The van der Waals surface area contributed by atoms with Crippen LogP contribution in [0, 0.1) is 0 Å². The SMILES string of the molecule is CC1CN(C2CCCCC2)C(=O)C(CC(=O)O)N1. The van der Waals surface area contributed by atoms with E-state index in [1.807, 2.05) is 11.8 Å². The molecule has 2 aliphatic rings. The normalized spacial score (nSPS) is 30.5. The zero-order valence-corrected chi connectivity index (χ0v) is 10.9. The van der Waals surface area contributed by atoms with Gasteiger partial charge < -0.3 is 15.3 Å². The van der Waals surface area contributed by atoms with Crippen molar-refractivity contribution in [2.75, 3.05) is 6.54 Å². The fourth-order valence-electron chi connectivity index (χ4n) is 3.10. The topological polar surface area (TPSA) is 69.6 Å². The van der Waals surface area contributed by atoms with E-state index < -0.39 is 12.0 Å². The number of carbonyl (C=O) groups is 2. The number of carboxylic acids is 1. The molecule has 18 heavy (non-hydrogen) atoms. The smallest absolute Gasteiger partial charge is 0.305 e. The zero-order chi connectivity index (χ0) is 13.1. The number of nitrogens with one attached hydrogen (secondary N) is 1. The highest BCUT2D eigenvalue weighted by molar-refractivity contribution is 5.87. The molecule has 1 aliphatic heterocycles. The molecule has 5 heteroatoms. The molecule has 1 amide bonds. The number of aliphatic carboxylic acids is 1. The van der Waals surface area contributed by atoms with Gasteiger partial charge in [0.15, 0.2) is 0 Å². The van der Waals surface area contributed by atoms with Gasteiger partial charge in [0.05, 0.1) is 12.5 Å². The molecule has 1 saturated carbocycles. The molecule has 2 N–H and O–H groups in total. The van der Waals surface area contributed by atoms with Gasteiger partial charge in [-0.1, -0.05) is 19.3 Å².